The third kappa shape index (κ3) is 3.54. The SMILES string of the molecule is CCCC1CN(c2cccc(CC)c2)C(C(C)C)CN1. The Kier molecular flexibility index (Phi) is 5.47. The number of anilines is 1. The fourth-order valence-electron chi connectivity index (χ4n) is 3.22. The van der Waals surface area contributed by atoms with Crippen molar-refractivity contribution in [3.05, 3.63) is 29.8 Å². The lowest BCUT2D eigenvalue weighted by atomic mass is 9.96. The predicted octanol–water partition coefficient (Wildman–Crippen LogP) is 3.85. The van der Waals surface area contributed by atoms with E-state index >= 15 is 0 Å². The zero-order valence-electron chi connectivity index (χ0n) is 13.5. The first-order chi connectivity index (χ1) is 9.65. The molecule has 0 bridgehead atoms. The maximum absolute atomic E-state index is 3.74. The normalized spacial score (nSPS) is 23.4. The second-order valence-electron chi connectivity index (χ2n) is 6.38. The van der Waals surface area contributed by atoms with Crippen LogP contribution in [0.3, 0.4) is 0 Å². The number of nitrogens with zero attached hydrogens (tertiary/aromatic N) is 1. The van der Waals surface area contributed by atoms with Crippen molar-refractivity contribution in [2.45, 2.75) is 59.0 Å². The van der Waals surface area contributed by atoms with Gasteiger partial charge in [0, 0.05) is 30.9 Å². The van der Waals surface area contributed by atoms with E-state index in [0.29, 0.717) is 18.0 Å². The molecule has 2 heteroatoms. The van der Waals surface area contributed by atoms with Crippen molar-refractivity contribution in [3.63, 3.8) is 0 Å². The van der Waals surface area contributed by atoms with Crippen LogP contribution in [0, 0.1) is 5.92 Å². The van der Waals surface area contributed by atoms with Gasteiger partial charge in [0.15, 0.2) is 0 Å². The molecule has 1 aromatic carbocycles. The quantitative estimate of drug-likeness (QED) is 0.877. The van der Waals surface area contributed by atoms with Gasteiger partial charge in [0.1, 0.15) is 0 Å². The molecule has 2 unspecified atom stereocenters. The third-order valence-electron chi connectivity index (χ3n) is 4.49. The van der Waals surface area contributed by atoms with Crippen LogP contribution >= 0.6 is 0 Å². The summed E-state index contributed by atoms with van der Waals surface area (Å²) in [5, 5.41) is 3.74. The van der Waals surface area contributed by atoms with Crippen LogP contribution in [0.5, 0.6) is 0 Å². The van der Waals surface area contributed by atoms with E-state index in [0.717, 1.165) is 19.5 Å². The molecule has 0 saturated carbocycles. The summed E-state index contributed by atoms with van der Waals surface area (Å²) in [5.41, 5.74) is 2.85. The molecule has 1 heterocycles. The van der Waals surface area contributed by atoms with Gasteiger partial charge in [-0.05, 0) is 36.5 Å². The van der Waals surface area contributed by atoms with Gasteiger partial charge in [-0.25, -0.2) is 0 Å². The van der Waals surface area contributed by atoms with Crippen molar-refractivity contribution < 1.29 is 0 Å². The van der Waals surface area contributed by atoms with Gasteiger partial charge in [-0.15, -0.1) is 0 Å². The van der Waals surface area contributed by atoms with Crippen molar-refractivity contribution in [2.75, 3.05) is 18.0 Å². The average molecular weight is 274 g/mol. The van der Waals surface area contributed by atoms with Gasteiger partial charge in [-0.2, -0.15) is 0 Å². The lowest BCUT2D eigenvalue weighted by Crippen LogP contribution is -2.58. The Morgan fingerprint density at radius 2 is 2.10 bits per heavy atom. The van der Waals surface area contributed by atoms with Crippen LogP contribution in [0.15, 0.2) is 24.3 Å². The van der Waals surface area contributed by atoms with Crippen molar-refractivity contribution in [3.8, 4) is 0 Å². The molecule has 1 N–H and O–H groups in total. The van der Waals surface area contributed by atoms with Crippen molar-refractivity contribution in [1.82, 2.24) is 5.32 Å². The molecule has 20 heavy (non-hydrogen) atoms. The molecule has 0 amide bonds. The van der Waals surface area contributed by atoms with Gasteiger partial charge in [0.25, 0.3) is 0 Å². The first-order valence-electron chi connectivity index (χ1n) is 8.24. The van der Waals surface area contributed by atoms with Crippen molar-refractivity contribution in [1.29, 1.82) is 0 Å². The van der Waals surface area contributed by atoms with Gasteiger partial charge in [-0.1, -0.05) is 46.2 Å². The molecular formula is C18H30N2. The van der Waals surface area contributed by atoms with Gasteiger partial charge in [0.05, 0.1) is 0 Å². The van der Waals surface area contributed by atoms with E-state index in [1.807, 2.05) is 0 Å². The first-order valence-corrected chi connectivity index (χ1v) is 8.24. The minimum Gasteiger partial charge on any atom is -0.365 e. The molecule has 1 saturated heterocycles. The Balaban J connectivity index is 2.21. The third-order valence-corrected chi connectivity index (χ3v) is 4.49. The van der Waals surface area contributed by atoms with E-state index in [2.05, 4.69) is 62.2 Å². The van der Waals surface area contributed by atoms with Gasteiger partial charge >= 0.3 is 0 Å². The second-order valence-corrected chi connectivity index (χ2v) is 6.38. The Bertz CT molecular complexity index is 414. The molecule has 1 aliphatic heterocycles. The lowest BCUT2D eigenvalue weighted by Gasteiger charge is -2.44. The van der Waals surface area contributed by atoms with Crippen LogP contribution < -0.4 is 10.2 Å². The number of nitrogens with one attached hydrogen (secondary N) is 1. The number of rotatable bonds is 5. The number of piperazine rings is 1. The molecule has 2 rings (SSSR count). The van der Waals surface area contributed by atoms with E-state index in [9.17, 15) is 0 Å². The zero-order valence-corrected chi connectivity index (χ0v) is 13.5. The molecule has 112 valence electrons. The van der Waals surface area contributed by atoms with Crippen LogP contribution in [-0.4, -0.2) is 25.2 Å². The highest BCUT2D eigenvalue weighted by Crippen LogP contribution is 2.25. The fraction of sp³-hybridized carbons (Fsp3) is 0.667. The van der Waals surface area contributed by atoms with E-state index in [-0.39, 0.29) is 0 Å². The summed E-state index contributed by atoms with van der Waals surface area (Å²) in [7, 11) is 0. The average Bonchev–Trinajstić information content (AvgIpc) is 2.47. The number of hydrogen-bond donors (Lipinski definition) is 1. The molecule has 0 aromatic heterocycles. The summed E-state index contributed by atoms with van der Waals surface area (Å²) < 4.78 is 0. The van der Waals surface area contributed by atoms with E-state index in [1.54, 1.807) is 0 Å². The maximum Gasteiger partial charge on any atom is 0.0438 e. The van der Waals surface area contributed by atoms with Gasteiger partial charge < -0.3 is 10.2 Å². The smallest absolute Gasteiger partial charge is 0.0438 e. The van der Waals surface area contributed by atoms with Gasteiger partial charge in [-0.3, -0.25) is 0 Å². The van der Waals surface area contributed by atoms with Crippen LogP contribution in [-0.2, 0) is 6.42 Å². The topological polar surface area (TPSA) is 15.3 Å². The molecule has 1 aliphatic rings. The number of aryl methyl sites for hydroxylation is 1. The van der Waals surface area contributed by atoms with E-state index in [4.69, 9.17) is 0 Å². The standard InChI is InChI=1S/C18H30N2/c1-5-8-16-13-20(18(12-19-16)14(3)4)17-10-7-9-15(6-2)11-17/h7,9-11,14,16,18-19H,5-6,8,12-13H2,1-4H3. The second kappa shape index (κ2) is 7.12. The number of hydrogen-bond acceptors (Lipinski definition) is 2. The first kappa shape index (κ1) is 15.4. The summed E-state index contributed by atoms with van der Waals surface area (Å²) >= 11 is 0. The maximum atomic E-state index is 3.74. The summed E-state index contributed by atoms with van der Waals surface area (Å²) in [6.07, 6.45) is 3.65. The summed E-state index contributed by atoms with van der Waals surface area (Å²) in [6.45, 7) is 11.4. The Morgan fingerprint density at radius 1 is 1.30 bits per heavy atom. The number of benzene rings is 1. The molecular weight excluding hydrogens is 244 g/mol. The molecule has 1 fully saturated rings. The van der Waals surface area contributed by atoms with Crippen LogP contribution in [0.1, 0.15) is 46.1 Å². The van der Waals surface area contributed by atoms with Gasteiger partial charge in [0.2, 0.25) is 0 Å². The van der Waals surface area contributed by atoms with Crippen molar-refractivity contribution >= 4 is 5.69 Å². The lowest BCUT2D eigenvalue weighted by molar-refractivity contribution is 0.327. The van der Waals surface area contributed by atoms with E-state index in [1.165, 1.54) is 24.1 Å². The summed E-state index contributed by atoms with van der Waals surface area (Å²) in [4.78, 5) is 2.64. The van der Waals surface area contributed by atoms with E-state index < -0.39 is 0 Å². The van der Waals surface area contributed by atoms with Crippen LogP contribution in [0.2, 0.25) is 0 Å². The highest BCUT2D eigenvalue weighted by molar-refractivity contribution is 5.50. The Labute approximate surface area is 124 Å². The highest BCUT2D eigenvalue weighted by Gasteiger charge is 2.29. The largest absolute Gasteiger partial charge is 0.365 e. The zero-order chi connectivity index (χ0) is 14.5. The fourth-order valence-corrected chi connectivity index (χ4v) is 3.22. The molecule has 1 aromatic rings. The Hall–Kier alpha value is -1.02. The summed E-state index contributed by atoms with van der Waals surface area (Å²) in [5.74, 6) is 0.676. The molecule has 0 radical (unpaired) electrons. The monoisotopic (exact) mass is 274 g/mol. The molecule has 2 atom stereocenters. The molecule has 0 spiro atoms. The minimum absolute atomic E-state index is 0.607. The molecule has 0 aliphatic carbocycles. The predicted molar refractivity (Wildman–Crippen MR) is 88.5 cm³/mol. The molecule has 2 nitrogen and oxygen atoms in total. The minimum atomic E-state index is 0.607. The Morgan fingerprint density at radius 3 is 2.75 bits per heavy atom. The van der Waals surface area contributed by atoms with Crippen LogP contribution in [0.4, 0.5) is 5.69 Å². The van der Waals surface area contributed by atoms with Crippen LogP contribution in [0.25, 0.3) is 0 Å². The summed E-state index contributed by atoms with van der Waals surface area (Å²) in [6, 6.07) is 10.4. The highest BCUT2D eigenvalue weighted by atomic mass is 15.2. The van der Waals surface area contributed by atoms with Crippen molar-refractivity contribution in [2.24, 2.45) is 5.92 Å².